The lowest BCUT2D eigenvalue weighted by molar-refractivity contribution is -0.153. The van der Waals surface area contributed by atoms with Crippen molar-refractivity contribution in [1.29, 1.82) is 0 Å². The molecule has 0 spiro atoms. The largest absolute Gasteiger partial charge is 0.494 e. The fourth-order valence-electron chi connectivity index (χ4n) is 3.76. The zero-order valence-electron chi connectivity index (χ0n) is 19.9. The molecule has 0 saturated heterocycles. The first-order valence-electron chi connectivity index (χ1n) is 11.4. The van der Waals surface area contributed by atoms with Gasteiger partial charge in [0.1, 0.15) is 5.60 Å². The maximum Gasteiger partial charge on any atom is 0.320 e. The molecule has 1 aromatic heterocycles. The number of H-pyrrole nitrogens is 1. The molecule has 6 nitrogen and oxygen atoms in total. The van der Waals surface area contributed by atoms with Gasteiger partial charge in [-0.25, -0.2) is 4.99 Å². The number of rotatable bonds is 7. The summed E-state index contributed by atoms with van der Waals surface area (Å²) in [6.45, 7) is 6.23. The van der Waals surface area contributed by atoms with Crippen LogP contribution in [-0.4, -0.2) is 33.9 Å². The second-order valence-corrected chi connectivity index (χ2v) is 10.1. The molecule has 1 heterocycles. The van der Waals surface area contributed by atoms with E-state index in [0.717, 1.165) is 32.2 Å². The van der Waals surface area contributed by atoms with Gasteiger partial charge in [-0.3, -0.25) is 4.79 Å². The monoisotopic (exact) mass is 533 g/mol. The number of nitrogens with zero attached hydrogens (tertiary/aromatic N) is 1. The van der Waals surface area contributed by atoms with Gasteiger partial charge < -0.3 is 20.1 Å². The number of benzene rings is 3. The number of hydrogen-bond donors (Lipinski definition) is 3. The van der Waals surface area contributed by atoms with Crippen LogP contribution in [-0.2, 0) is 16.1 Å². The molecule has 0 aliphatic carbocycles. The quantitative estimate of drug-likeness (QED) is 0.194. The summed E-state index contributed by atoms with van der Waals surface area (Å²) in [7, 11) is 0. The molecule has 3 N–H and O–H groups in total. The van der Waals surface area contributed by atoms with Crippen LogP contribution in [0.4, 0.5) is 5.69 Å². The molecular formula is C28H28BrN3O3. The maximum absolute atomic E-state index is 11.9. The average Bonchev–Trinajstić information content (AvgIpc) is 3.12. The Labute approximate surface area is 213 Å². The van der Waals surface area contributed by atoms with Crippen LogP contribution in [0.2, 0.25) is 0 Å². The molecule has 3 aromatic carbocycles. The van der Waals surface area contributed by atoms with E-state index in [1.165, 1.54) is 0 Å². The predicted molar refractivity (Wildman–Crippen MR) is 143 cm³/mol. The van der Waals surface area contributed by atoms with Gasteiger partial charge in [0.05, 0.1) is 29.0 Å². The lowest BCUT2D eigenvalue weighted by Gasteiger charge is -2.19. The summed E-state index contributed by atoms with van der Waals surface area (Å²) in [5, 5.41) is 14.8. The zero-order valence-corrected chi connectivity index (χ0v) is 21.5. The minimum atomic E-state index is -0.495. The Hall–Kier alpha value is -3.42. The molecule has 35 heavy (non-hydrogen) atoms. The Kier molecular flexibility index (Phi) is 7.38. The zero-order chi connectivity index (χ0) is 25.0. The summed E-state index contributed by atoms with van der Waals surface area (Å²) in [5.74, 6) is -0.208. The van der Waals surface area contributed by atoms with Gasteiger partial charge in [-0.1, -0.05) is 64.5 Å². The first-order chi connectivity index (χ1) is 16.7. The van der Waals surface area contributed by atoms with Crippen molar-refractivity contribution in [1.82, 2.24) is 10.3 Å². The van der Waals surface area contributed by atoms with E-state index in [0.29, 0.717) is 17.8 Å². The van der Waals surface area contributed by atoms with E-state index in [4.69, 9.17) is 9.73 Å². The Morgan fingerprint density at radius 3 is 2.46 bits per heavy atom. The molecule has 4 aromatic rings. The number of aliphatic imine (C=N–C) groups is 1. The molecule has 4 rings (SSSR count). The van der Waals surface area contributed by atoms with Gasteiger partial charge in [-0.2, -0.15) is 0 Å². The Morgan fingerprint density at radius 2 is 1.77 bits per heavy atom. The van der Waals surface area contributed by atoms with Crippen LogP contribution in [0, 0.1) is 0 Å². The number of aromatic hydroxyl groups is 1. The van der Waals surface area contributed by atoms with Crippen LogP contribution in [0.3, 0.4) is 0 Å². The van der Waals surface area contributed by atoms with Crippen molar-refractivity contribution >= 4 is 44.2 Å². The summed E-state index contributed by atoms with van der Waals surface area (Å²) in [6, 6.07) is 23.4. The number of aromatic nitrogens is 1. The summed E-state index contributed by atoms with van der Waals surface area (Å²) < 4.78 is 6.24. The minimum absolute atomic E-state index is 0.0728. The molecule has 0 bridgehead atoms. The number of carbonyl (C=O) groups excluding carboxylic acids is 1. The molecule has 0 aliphatic heterocycles. The molecule has 7 heteroatoms. The number of carbonyl (C=O) groups is 1. The van der Waals surface area contributed by atoms with Crippen LogP contribution >= 0.6 is 15.9 Å². The molecular weight excluding hydrogens is 506 g/mol. The number of aromatic amines is 1. The van der Waals surface area contributed by atoms with Gasteiger partial charge in [-0.15, -0.1) is 0 Å². The lowest BCUT2D eigenvalue weighted by atomic mass is 10.0. The third-order valence-corrected chi connectivity index (χ3v) is 5.71. The number of nitrogens with one attached hydrogen (secondary N) is 2. The summed E-state index contributed by atoms with van der Waals surface area (Å²) in [5.41, 5.74) is 4.33. The van der Waals surface area contributed by atoms with E-state index in [1.807, 2.05) is 93.6 Å². The van der Waals surface area contributed by atoms with Crippen molar-refractivity contribution < 1.29 is 14.6 Å². The first-order valence-corrected chi connectivity index (χ1v) is 12.1. The first kappa shape index (κ1) is 24.7. The molecule has 0 fully saturated rings. The van der Waals surface area contributed by atoms with E-state index >= 15 is 0 Å². The molecule has 0 radical (unpaired) electrons. The van der Waals surface area contributed by atoms with Crippen LogP contribution in [0.15, 0.2) is 82.3 Å². The third-order valence-electron chi connectivity index (χ3n) is 5.22. The van der Waals surface area contributed by atoms with Gasteiger partial charge in [-0.05, 0) is 50.6 Å². The fourth-order valence-corrected chi connectivity index (χ4v) is 4.12. The molecule has 0 amide bonds. The maximum atomic E-state index is 11.9. The fraction of sp³-hybridized carbons (Fsp3) is 0.214. The van der Waals surface area contributed by atoms with E-state index in [9.17, 15) is 9.90 Å². The minimum Gasteiger partial charge on any atom is -0.494 e. The molecule has 0 atom stereocenters. The molecule has 0 saturated carbocycles. The van der Waals surface area contributed by atoms with E-state index in [1.54, 1.807) is 0 Å². The van der Waals surface area contributed by atoms with Gasteiger partial charge >= 0.3 is 5.97 Å². The SMILES string of the molecule is CC(C)(C)OC(=O)CNCc1ccc(N=C(c2ccccc2)c2c(O)[nH]c3cc(Br)ccc23)cc1. The van der Waals surface area contributed by atoms with Crippen molar-refractivity contribution in [3.8, 4) is 5.88 Å². The summed E-state index contributed by atoms with van der Waals surface area (Å²) in [6.07, 6.45) is 0. The number of fused-ring (bicyclic) bond motifs is 1. The van der Waals surface area contributed by atoms with Gasteiger partial charge in [0.2, 0.25) is 0 Å². The van der Waals surface area contributed by atoms with Gasteiger partial charge in [0.25, 0.3) is 0 Å². The van der Waals surface area contributed by atoms with Gasteiger partial charge in [0, 0.05) is 22.0 Å². The average molecular weight is 534 g/mol. The highest BCUT2D eigenvalue weighted by molar-refractivity contribution is 9.10. The molecule has 0 unspecified atom stereocenters. The van der Waals surface area contributed by atoms with Crippen LogP contribution in [0.25, 0.3) is 10.9 Å². The second-order valence-electron chi connectivity index (χ2n) is 9.22. The summed E-state index contributed by atoms with van der Waals surface area (Å²) in [4.78, 5) is 19.9. The standard InChI is InChI=1S/C28H28BrN3O3/c1-28(2,3)35-24(33)17-30-16-18-9-12-21(13-10-18)31-26(19-7-5-4-6-8-19)25-22-14-11-20(29)15-23(22)32-27(25)34/h4-15,30,32,34H,16-17H2,1-3H3. The normalized spacial score (nSPS) is 12.2. The predicted octanol–water partition coefficient (Wildman–Crippen LogP) is 6.24. The lowest BCUT2D eigenvalue weighted by Crippen LogP contribution is -2.31. The van der Waals surface area contributed by atoms with Crippen molar-refractivity contribution in [3.63, 3.8) is 0 Å². The Bertz CT molecular complexity index is 1350. The van der Waals surface area contributed by atoms with E-state index in [2.05, 4.69) is 26.2 Å². The Balaban J connectivity index is 1.59. The topological polar surface area (TPSA) is 86.7 Å². The van der Waals surface area contributed by atoms with Crippen molar-refractivity contribution in [2.75, 3.05) is 6.54 Å². The Morgan fingerprint density at radius 1 is 1.06 bits per heavy atom. The van der Waals surface area contributed by atoms with E-state index < -0.39 is 5.60 Å². The van der Waals surface area contributed by atoms with Crippen LogP contribution in [0.5, 0.6) is 5.88 Å². The highest BCUT2D eigenvalue weighted by Crippen LogP contribution is 2.33. The van der Waals surface area contributed by atoms with Gasteiger partial charge in [0.15, 0.2) is 5.88 Å². The highest BCUT2D eigenvalue weighted by atomic mass is 79.9. The highest BCUT2D eigenvalue weighted by Gasteiger charge is 2.19. The summed E-state index contributed by atoms with van der Waals surface area (Å²) >= 11 is 3.48. The van der Waals surface area contributed by atoms with E-state index in [-0.39, 0.29) is 18.4 Å². The smallest absolute Gasteiger partial charge is 0.320 e. The van der Waals surface area contributed by atoms with Crippen molar-refractivity contribution in [3.05, 3.63) is 94.0 Å². The second kappa shape index (κ2) is 10.5. The number of esters is 1. The molecule has 180 valence electrons. The number of ether oxygens (including phenoxy) is 1. The van der Waals surface area contributed by atoms with Crippen LogP contribution in [0.1, 0.15) is 37.5 Å². The van der Waals surface area contributed by atoms with Crippen LogP contribution < -0.4 is 5.32 Å². The number of hydrogen-bond acceptors (Lipinski definition) is 5. The van der Waals surface area contributed by atoms with Crippen molar-refractivity contribution in [2.45, 2.75) is 32.9 Å². The third kappa shape index (κ3) is 6.38. The molecule has 0 aliphatic rings. The number of halogens is 1. The van der Waals surface area contributed by atoms with Crippen molar-refractivity contribution in [2.24, 2.45) is 4.99 Å².